The molecule has 0 bridgehead atoms. The molecule has 0 aliphatic rings. The van der Waals surface area contributed by atoms with E-state index in [-0.39, 0.29) is 10.7 Å². The number of hydrogen-bond acceptors (Lipinski definition) is 5. The van der Waals surface area contributed by atoms with Crippen molar-refractivity contribution in [3.63, 3.8) is 0 Å². The Bertz CT molecular complexity index is 1350. The number of halogens is 4. The van der Waals surface area contributed by atoms with Crippen molar-refractivity contribution in [3.05, 3.63) is 89.2 Å². The number of amides is 1. The molecule has 1 amide bonds. The summed E-state index contributed by atoms with van der Waals surface area (Å²) in [6.07, 6.45) is -3.23. The van der Waals surface area contributed by atoms with Crippen LogP contribution in [0.4, 0.5) is 22.7 Å². The van der Waals surface area contributed by atoms with Gasteiger partial charge in [0.05, 0.1) is 28.6 Å². The van der Waals surface area contributed by atoms with Gasteiger partial charge < -0.3 is 4.74 Å². The average Bonchev–Trinajstić information content (AvgIpc) is 3.22. The number of alkyl halides is 3. The highest BCUT2D eigenvalue weighted by atomic mass is 32.1. The fraction of sp³-hybridized carbons (Fsp3) is 0.125. The van der Waals surface area contributed by atoms with E-state index in [4.69, 9.17) is 4.74 Å². The number of fused-ring (bicyclic) bond motifs is 1. The fourth-order valence-corrected chi connectivity index (χ4v) is 4.00. The number of carbonyl (C=O) groups excluding carboxylic acids is 1. The minimum Gasteiger partial charge on any atom is -0.494 e. The molecular weight excluding hydrogens is 470 g/mol. The van der Waals surface area contributed by atoms with Crippen molar-refractivity contribution >= 4 is 38.8 Å². The number of thiazole rings is 1. The van der Waals surface area contributed by atoms with Crippen molar-refractivity contribution in [2.75, 3.05) is 11.6 Å². The van der Waals surface area contributed by atoms with E-state index in [0.717, 1.165) is 34.5 Å². The summed E-state index contributed by atoms with van der Waals surface area (Å²) in [6.45, 7) is 2.36. The molecule has 0 aliphatic heterocycles. The number of nitrogens with zero attached hydrogens (tertiary/aromatic N) is 3. The Morgan fingerprint density at radius 1 is 1.12 bits per heavy atom. The van der Waals surface area contributed by atoms with Gasteiger partial charge in [0.2, 0.25) is 5.13 Å². The summed E-state index contributed by atoms with van der Waals surface area (Å²) < 4.78 is 59.0. The number of ether oxygens (including phenoxy) is 1. The molecule has 174 valence electrons. The second-order valence-electron chi connectivity index (χ2n) is 7.05. The van der Waals surface area contributed by atoms with Gasteiger partial charge in [-0.05, 0) is 73.2 Å². The molecule has 0 saturated carbocycles. The highest BCUT2D eigenvalue weighted by Gasteiger charge is 2.32. The van der Waals surface area contributed by atoms with Gasteiger partial charge in [0.1, 0.15) is 11.6 Å². The normalized spacial score (nSPS) is 11.8. The van der Waals surface area contributed by atoms with Gasteiger partial charge in [0.25, 0.3) is 5.91 Å². The van der Waals surface area contributed by atoms with Crippen LogP contribution in [0.5, 0.6) is 5.75 Å². The van der Waals surface area contributed by atoms with Gasteiger partial charge in [0.15, 0.2) is 0 Å². The number of aromatic nitrogens is 1. The minimum absolute atomic E-state index is 0.0881. The molecule has 0 atom stereocenters. The smallest absolute Gasteiger partial charge is 0.416 e. The first-order valence-corrected chi connectivity index (χ1v) is 10.9. The van der Waals surface area contributed by atoms with Gasteiger partial charge in [-0.1, -0.05) is 17.4 Å². The molecule has 1 aromatic heterocycles. The van der Waals surface area contributed by atoms with E-state index >= 15 is 0 Å². The molecular formula is C24H17F4N3O2S. The van der Waals surface area contributed by atoms with E-state index < -0.39 is 23.5 Å². The summed E-state index contributed by atoms with van der Waals surface area (Å²) >= 11 is 0.994. The molecule has 5 nitrogen and oxygen atoms in total. The minimum atomic E-state index is -4.61. The summed E-state index contributed by atoms with van der Waals surface area (Å²) in [4.78, 5) is 17.6. The first-order valence-electron chi connectivity index (χ1n) is 10.1. The Labute approximate surface area is 195 Å². The Balaban J connectivity index is 1.73. The van der Waals surface area contributed by atoms with Gasteiger partial charge in [0, 0.05) is 5.56 Å². The van der Waals surface area contributed by atoms with Gasteiger partial charge in [-0.3, -0.25) is 4.79 Å². The Hall–Kier alpha value is -3.79. The molecule has 0 aliphatic carbocycles. The molecule has 0 unspecified atom stereocenters. The zero-order valence-corrected chi connectivity index (χ0v) is 18.5. The van der Waals surface area contributed by atoms with Crippen LogP contribution in [0.15, 0.2) is 71.8 Å². The Kier molecular flexibility index (Phi) is 6.60. The van der Waals surface area contributed by atoms with Crippen molar-refractivity contribution in [2.24, 2.45) is 5.10 Å². The largest absolute Gasteiger partial charge is 0.494 e. The van der Waals surface area contributed by atoms with Crippen LogP contribution in [0.1, 0.15) is 28.4 Å². The fourth-order valence-electron chi connectivity index (χ4n) is 3.06. The zero-order valence-electron chi connectivity index (χ0n) is 17.7. The van der Waals surface area contributed by atoms with E-state index in [2.05, 4.69) is 10.1 Å². The molecule has 0 fully saturated rings. The topological polar surface area (TPSA) is 54.8 Å². The highest BCUT2D eigenvalue weighted by Crippen LogP contribution is 2.32. The lowest BCUT2D eigenvalue weighted by Crippen LogP contribution is -2.26. The number of benzene rings is 3. The first-order chi connectivity index (χ1) is 16.2. The van der Waals surface area contributed by atoms with Gasteiger partial charge in [-0.2, -0.15) is 23.3 Å². The van der Waals surface area contributed by atoms with Crippen LogP contribution < -0.4 is 9.75 Å². The quantitative estimate of drug-likeness (QED) is 0.176. The molecule has 34 heavy (non-hydrogen) atoms. The van der Waals surface area contributed by atoms with Crippen molar-refractivity contribution in [3.8, 4) is 5.75 Å². The summed E-state index contributed by atoms with van der Waals surface area (Å²) in [5.41, 5.74) is -0.124. The van der Waals surface area contributed by atoms with E-state index in [1.807, 2.05) is 6.92 Å². The zero-order chi connectivity index (χ0) is 24.3. The van der Waals surface area contributed by atoms with Crippen LogP contribution in [0, 0.1) is 5.82 Å². The van der Waals surface area contributed by atoms with E-state index in [0.29, 0.717) is 28.1 Å². The lowest BCUT2D eigenvalue weighted by molar-refractivity contribution is -0.137. The molecule has 4 rings (SSSR count). The predicted molar refractivity (Wildman–Crippen MR) is 123 cm³/mol. The van der Waals surface area contributed by atoms with Crippen molar-refractivity contribution < 1.29 is 27.1 Å². The molecule has 0 N–H and O–H groups in total. The van der Waals surface area contributed by atoms with Crippen molar-refractivity contribution in [1.82, 2.24) is 4.98 Å². The number of hydrogen-bond donors (Lipinski definition) is 0. The molecule has 0 radical (unpaired) electrons. The Morgan fingerprint density at radius 3 is 2.59 bits per heavy atom. The Morgan fingerprint density at radius 2 is 1.88 bits per heavy atom. The highest BCUT2D eigenvalue weighted by molar-refractivity contribution is 7.22. The number of rotatable bonds is 6. The second-order valence-corrected chi connectivity index (χ2v) is 8.06. The third-order valence-electron chi connectivity index (χ3n) is 4.66. The molecule has 4 aromatic rings. The molecule has 0 saturated heterocycles. The number of hydrazone groups is 1. The van der Waals surface area contributed by atoms with Crippen molar-refractivity contribution in [2.45, 2.75) is 13.1 Å². The third kappa shape index (κ3) is 5.23. The van der Waals surface area contributed by atoms with Gasteiger partial charge in [-0.15, -0.1) is 0 Å². The summed E-state index contributed by atoms with van der Waals surface area (Å²) in [7, 11) is 0. The molecule has 1 heterocycles. The lowest BCUT2D eigenvalue weighted by Gasteiger charge is -2.15. The van der Waals surface area contributed by atoms with Crippen LogP contribution in [0.3, 0.4) is 0 Å². The summed E-state index contributed by atoms with van der Waals surface area (Å²) in [5, 5.41) is 5.22. The molecule has 10 heteroatoms. The predicted octanol–water partition coefficient (Wildman–Crippen LogP) is 6.53. The second kappa shape index (κ2) is 9.60. The first kappa shape index (κ1) is 23.4. The van der Waals surface area contributed by atoms with Gasteiger partial charge in [-0.25, -0.2) is 9.37 Å². The van der Waals surface area contributed by atoms with Crippen LogP contribution in [-0.4, -0.2) is 23.7 Å². The van der Waals surface area contributed by atoms with E-state index in [1.54, 1.807) is 24.3 Å². The standard InChI is InChI=1S/C24H17F4N3O2S/c1-2-33-19-9-6-15(7-10-19)14-29-31(23-30-20-11-8-18(25)13-21(20)34-23)22(32)16-4-3-5-17(12-16)24(26,27)28/h3-14H,2H2,1H3/b29-14+. The number of anilines is 1. The van der Waals surface area contributed by atoms with Crippen LogP contribution >= 0.6 is 11.3 Å². The van der Waals surface area contributed by atoms with Crippen LogP contribution in [-0.2, 0) is 6.18 Å². The molecule has 0 spiro atoms. The maximum absolute atomic E-state index is 13.6. The summed E-state index contributed by atoms with van der Waals surface area (Å²) in [5.74, 6) is -0.631. The van der Waals surface area contributed by atoms with Crippen LogP contribution in [0.25, 0.3) is 10.2 Å². The van der Waals surface area contributed by atoms with Gasteiger partial charge >= 0.3 is 6.18 Å². The maximum atomic E-state index is 13.6. The van der Waals surface area contributed by atoms with E-state index in [9.17, 15) is 22.4 Å². The third-order valence-corrected chi connectivity index (χ3v) is 5.66. The van der Waals surface area contributed by atoms with Crippen molar-refractivity contribution in [1.29, 1.82) is 0 Å². The summed E-state index contributed by atoms with van der Waals surface area (Å²) in [6, 6.07) is 14.9. The van der Waals surface area contributed by atoms with E-state index in [1.165, 1.54) is 30.5 Å². The lowest BCUT2D eigenvalue weighted by atomic mass is 10.1. The monoisotopic (exact) mass is 487 g/mol. The van der Waals surface area contributed by atoms with Crippen LogP contribution in [0.2, 0.25) is 0 Å². The average molecular weight is 487 g/mol. The number of carbonyl (C=O) groups is 1. The maximum Gasteiger partial charge on any atom is 0.416 e. The SMILES string of the molecule is CCOc1ccc(/C=N/N(C(=O)c2cccc(C(F)(F)F)c2)c2nc3ccc(F)cc3s2)cc1. The molecule has 3 aromatic carbocycles.